The Morgan fingerprint density at radius 3 is 2.52 bits per heavy atom. The Hall–Kier alpha value is -1.64. The molecular weight excluding hydrogens is 435 g/mol. The number of amides is 1. The highest BCUT2D eigenvalue weighted by Crippen LogP contribution is 2.29. The normalized spacial score (nSPS) is 16.7. The number of halogens is 2. The van der Waals surface area contributed by atoms with Crippen LogP contribution in [0.1, 0.15) is 35.7 Å². The monoisotopic (exact) mass is 456 g/mol. The maximum absolute atomic E-state index is 12.7. The van der Waals surface area contributed by atoms with Crippen LogP contribution in [-0.4, -0.2) is 33.6 Å². The Kier molecular flexibility index (Phi) is 7.19. The fraction of sp³-hybridized carbons (Fsp3) is 0.350. The Bertz CT molecular complexity index is 988. The molecule has 0 saturated carbocycles. The Labute approximate surface area is 180 Å². The standard InChI is InChI=1S/C20H22Cl2N2O4S/c1-2-13-5-7-14(8-6-13)24-20(25)16-10-19(18(22)11-17(16)21)29(26,27)23-12-15-4-3-9-28-15/h5-8,10-11,15,23H,2-4,9,12H2,1H3,(H,24,25). The van der Waals surface area contributed by atoms with Gasteiger partial charge in [-0.3, -0.25) is 4.79 Å². The number of carbonyl (C=O) groups excluding carboxylic acids is 1. The number of ether oxygens (including phenoxy) is 1. The van der Waals surface area contributed by atoms with Crippen LogP contribution in [0.5, 0.6) is 0 Å². The van der Waals surface area contributed by atoms with Gasteiger partial charge in [0.15, 0.2) is 0 Å². The van der Waals surface area contributed by atoms with E-state index in [4.69, 9.17) is 27.9 Å². The van der Waals surface area contributed by atoms with Crippen molar-refractivity contribution in [3.8, 4) is 0 Å². The fourth-order valence-electron chi connectivity index (χ4n) is 3.02. The van der Waals surface area contributed by atoms with Crippen LogP contribution < -0.4 is 10.0 Å². The molecular formula is C20H22Cl2N2O4S. The van der Waals surface area contributed by atoms with Crippen molar-refractivity contribution in [3.63, 3.8) is 0 Å². The van der Waals surface area contributed by atoms with Crippen LogP contribution >= 0.6 is 23.2 Å². The molecule has 0 radical (unpaired) electrons. The predicted octanol–water partition coefficient (Wildman–Crippen LogP) is 4.27. The first kappa shape index (κ1) is 22.1. The van der Waals surface area contributed by atoms with Gasteiger partial charge < -0.3 is 10.1 Å². The SMILES string of the molecule is CCc1ccc(NC(=O)c2cc(S(=O)(=O)NCC3CCCO3)c(Cl)cc2Cl)cc1. The van der Waals surface area contributed by atoms with Crippen molar-refractivity contribution in [2.24, 2.45) is 0 Å². The summed E-state index contributed by atoms with van der Waals surface area (Å²) in [6.45, 7) is 2.81. The molecule has 29 heavy (non-hydrogen) atoms. The second kappa shape index (κ2) is 9.45. The van der Waals surface area contributed by atoms with E-state index in [0.29, 0.717) is 12.3 Å². The highest BCUT2D eigenvalue weighted by atomic mass is 35.5. The van der Waals surface area contributed by atoms with Gasteiger partial charge in [0.2, 0.25) is 10.0 Å². The minimum atomic E-state index is -3.93. The summed E-state index contributed by atoms with van der Waals surface area (Å²) in [5, 5.41) is 2.73. The summed E-state index contributed by atoms with van der Waals surface area (Å²) in [7, 11) is -3.93. The number of aryl methyl sites for hydroxylation is 1. The van der Waals surface area contributed by atoms with Crippen molar-refractivity contribution in [3.05, 3.63) is 57.6 Å². The van der Waals surface area contributed by atoms with Gasteiger partial charge in [-0.25, -0.2) is 13.1 Å². The number of hydrogen-bond acceptors (Lipinski definition) is 4. The maximum atomic E-state index is 12.7. The van der Waals surface area contributed by atoms with Crippen LogP contribution in [0.25, 0.3) is 0 Å². The molecule has 1 atom stereocenters. The van der Waals surface area contributed by atoms with Gasteiger partial charge in [0, 0.05) is 18.8 Å². The molecule has 6 nitrogen and oxygen atoms in total. The molecule has 0 aromatic heterocycles. The smallest absolute Gasteiger partial charge is 0.257 e. The van der Waals surface area contributed by atoms with Gasteiger partial charge in [-0.05, 0) is 49.1 Å². The molecule has 1 fully saturated rings. The van der Waals surface area contributed by atoms with E-state index in [1.54, 1.807) is 12.1 Å². The molecule has 156 valence electrons. The molecule has 1 saturated heterocycles. The minimum Gasteiger partial charge on any atom is -0.377 e. The summed E-state index contributed by atoms with van der Waals surface area (Å²) in [4.78, 5) is 12.5. The maximum Gasteiger partial charge on any atom is 0.257 e. The van der Waals surface area contributed by atoms with Crippen molar-refractivity contribution < 1.29 is 17.9 Å². The lowest BCUT2D eigenvalue weighted by Crippen LogP contribution is -2.32. The van der Waals surface area contributed by atoms with Crippen molar-refractivity contribution >= 4 is 44.8 Å². The lowest BCUT2D eigenvalue weighted by Gasteiger charge is -2.14. The van der Waals surface area contributed by atoms with E-state index < -0.39 is 15.9 Å². The topological polar surface area (TPSA) is 84.5 Å². The second-order valence-corrected chi connectivity index (χ2v) is 9.30. The number of nitrogens with one attached hydrogen (secondary N) is 2. The van der Waals surface area contributed by atoms with Crippen molar-refractivity contribution in [2.45, 2.75) is 37.2 Å². The molecule has 0 aliphatic carbocycles. The van der Waals surface area contributed by atoms with Crippen molar-refractivity contribution in [1.29, 1.82) is 0 Å². The van der Waals surface area contributed by atoms with Crippen LogP contribution in [0.2, 0.25) is 10.0 Å². The number of anilines is 1. The zero-order chi connectivity index (χ0) is 21.0. The minimum absolute atomic E-state index is 0.0214. The third-order valence-corrected chi connectivity index (χ3v) is 6.90. The molecule has 1 heterocycles. The zero-order valence-electron chi connectivity index (χ0n) is 15.9. The van der Waals surface area contributed by atoms with Gasteiger partial charge >= 0.3 is 0 Å². The van der Waals surface area contributed by atoms with Crippen LogP contribution in [0.15, 0.2) is 41.3 Å². The predicted molar refractivity (Wildman–Crippen MR) is 114 cm³/mol. The largest absolute Gasteiger partial charge is 0.377 e. The van der Waals surface area contributed by atoms with Crippen LogP contribution in [0.4, 0.5) is 5.69 Å². The second-order valence-electron chi connectivity index (χ2n) is 6.75. The highest BCUT2D eigenvalue weighted by molar-refractivity contribution is 7.89. The first-order valence-corrected chi connectivity index (χ1v) is 11.5. The number of carbonyl (C=O) groups is 1. The molecule has 1 amide bonds. The van der Waals surface area contributed by atoms with Gasteiger partial charge in [0.05, 0.1) is 21.7 Å². The first-order chi connectivity index (χ1) is 13.8. The lowest BCUT2D eigenvalue weighted by molar-refractivity contribution is 0.102. The summed E-state index contributed by atoms with van der Waals surface area (Å²) in [5.41, 5.74) is 1.74. The lowest BCUT2D eigenvalue weighted by atomic mass is 10.1. The van der Waals surface area contributed by atoms with Crippen molar-refractivity contribution in [1.82, 2.24) is 4.72 Å². The van der Waals surface area contributed by atoms with Gasteiger partial charge in [-0.15, -0.1) is 0 Å². The molecule has 1 aliphatic heterocycles. The van der Waals surface area contributed by atoms with Crippen molar-refractivity contribution in [2.75, 3.05) is 18.5 Å². The summed E-state index contributed by atoms with van der Waals surface area (Å²) in [6.07, 6.45) is 2.42. The summed E-state index contributed by atoms with van der Waals surface area (Å²) in [6, 6.07) is 9.83. The molecule has 1 unspecified atom stereocenters. The number of sulfonamides is 1. The summed E-state index contributed by atoms with van der Waals surface area (Å²) in [5.74, 6) is -0.522. The third-order valence-electron chi connectivity index (χ3n) is 4.70. The third kappa shape index (κ3) is 5.49. The van der Waals surface area contributed by atoms with E-state index >= 15 is 0 Å². The zero-order valence-corrected chi connectivity index (χ0v) is 18.2. The van der Waals surface area contributed by atoms with Gasteiger partial charge in [-0.2, -0.15) is 0 Å². The van der Waals surface area contributed by atoms with Gasteiger partial charge in [0.25, 0.3) is 5.91 Å². The quantitative estimate of drug-likeness (QED) is 0.651. The summed E-state index contributed by atoms with van der Waals surface area (Å²) < 4.78 is 33.3. The average Bonchev–Trinajstić information content (AvgIpc) is 3.20. The van der Waals surface area contributed by atoms with E-state index in [1.807, 2.05) is 19.1 Å². The Morgan fingerprint density at radius 1 is 1.17 bits per heavy atom. The van der Waals surface area contributed by atoms with Crippen LogP contribution in [-0.2, 0) is 21.2 Å². The number of hydrogen-bond donors (Lipinski definition) is 2. The Morgan fingerprint density at radius 2 is 1.90 bits per heavy atom. The highest BCUT2D eigenvalue weighted by Gasteiger charge is 2.25. The molecule has 2 N–H and O–H groups in total. The molecule has 1 aliphatic rings. The van der Waals surface area contributed by atoms with E-state index in [2.05, 4.69) is 10.0 Å². The number of rotatable bonds is 7. The van der Waals surface area contributed by atoms with Gasteiger partial charge in [-0.1, -0.05) is 42.3 Å². The molecule has 0 spiro atoms. The molecule has 0 bridgehead atoms. The number of benzene rings is 2. The van der Waals surface area contributed by atoms with E-state index in [0.717, 1.165) is 24.8 Å². The summed E-state index contributed by atoms with van der Waals surface area (Å²) >= 11 is 12.3. The van der Waals surface area contributed by atoms with Crippen LogP contribution in [0, 0.1) is 0 Å². The first-order valence-electron chi connectivity index (χ1n) is 9.30. The Balaban J connectivity index is 1.80. The average molecular weight is 457 g/mol. The molecule has 9 heteroatoms. The van der Waals surface area contributed by atoms with E-state index in [-0.39, 0.29) is 33.2 Å². The van der Waals surface area contributed by atoms with Gasteiger partial charge in [0.1, 0.15) is 4.90 Å². The molecule has 2 aromatic carbocycles. The van der Waals surface area contributed by atoms with E-state index in [9.17, 15) is 13.2 Å². The fourth-order valence-corrected chi connectivity index (χ4v) is 4.94. The van der Waals surface area contributed by atoms with Crippen LogP contribution in [0.3, 0.4) is 0 Å². The van der Waals surface area contributed by atoms with E-state index in [1.165, 1.54) is 12.1 Å². The molecule has 2 aromatic rings. The molecule has 3 rings (SSSR count).